The zero-order valence-corrected chi connectivity index (χ0v) is 22.4. The van der Waals surface area contributed by atoms with Gasteiger partial charge in [0, 0.05) is 23.1 Å². The summed E-state index contributed by atoms with van der Waals surface area (Å²) in [6.07, 6.45) is 3.34. The third-order valence-electron chi connectivity index (χ3n) is 9.36. The highest BCUT2D eigenvalue weighted by Gasteiger charge is 2.73. The summed E-state index contributed by atoms with van der Waals surface area (Å²) in [5.41, 5.74) is -0.770. The number of ether oxygens (including phenoxy) is 2. The predicted octanol–water partition coefficient (Wildman–Crippen LogP) is 5.90. The van der Waals surface area contributed by atoms with Gasteiger partial charge in [-0.15, -0.1) is 0 Å². The molecule has 2 aliphatic heterocycles. The highest BCUT2D eigenvalue weighted by Crippen LogP contribution is 2.66. The second kappa shape index (κ2) is 9.84. The number of nitriles is 2. The van der Waals surface area contributed by atoms with Crippen molar-refractivity contribution in [3.05, 3.63) is 71.8 Å². The quantitative estimate of drug-likeness (QED) is 0.342. The van der Waals surface area contributed by atoms with E-state index in [0.717, 1.165) is 12.8 Å². The van der Waals surface area contributed by atoms with Crippen molar-refractivity contribution >= 4 is 28.8 Å². The van der Waals surface area contributed by atoms with Crippen LogP contribution in [-0.4, -0.2) is 30.1 Å². The van der Waals surface area contributed by atoms with Crippen molar-refractivity contribution in [2.24, 2.45) is 11.3 Å². The number of rotatable bonds is 8. The second-order valence-electron chi connectivity index (χ2n) is 10.7. The van der Waals surface area contributed by atoms with E-state index in [1.807, 2.05) is 31.2 Å². The smallest absolute Gasteiger partial charge is 0.242 e. The molecule has 0 spiro atoms. The summed E-state index contributed by atoms with van der Waals surface area (Å²) in [6, 6.07) is 21.9. The Labute approximate surface area is 228 Å². The Morgan fingerprint density at radius 2 is 1.79 bits per heavy atom. The molecule has 3 aromatic carbocycles. The van der Waals surface area contributed by atoms with Gasteiger partial charge in [0.2, 0.25) is 12.3 Å². The number of hydrogen-bond acceptors (Lipinski definition) is 6. The van der Waals surface area contributed by atoms with E-state index in [1.165, 1.54) is 4.90 Å². The van der Waals surface area contributed by atoms with Crippen LogP contribution >= 0.6 is 0 Å². The fourth-order valence-corrected chi connectivity index (χ4v) is 6.88. The molecule has 3 aromatic rings. The first-order valence-electron chi connectivity index (χ1n) is 13.3. The third kappa shape index (κ3) is 3.88. The van der Waals surface area contributed by atoms with Crippen LogP contribution in [0.15, 0.2) is 60.7 Å². The minimum atomic E-state index is -0.995. The van der Waals surface area contributed by atoms with Gasteiger partial charge >= 0.3 is 0 Å². The second-order valence-corrected chi connectivity index (χ2v) is 10.7. The van der Waals surface area contributed by atoms with Crippen LogP contribution in [0.3, 0.4) is 0 Å². The van der Waals surface area contributed by atoms with Crippen molar-refractivity contribution in [2.45, 2.75) is 57.7 Å². The molecular formula is C32H31N3O4. The summed E-state index contributed by atoms with van der Waals surface area (Å²) in [4.78, 5) is 28.4. The van der Waals surface area contributed by atoms with E-state index >= 15 is 0 Å². The first kappa shape index (κ1) is 26.4. The van der Waals surface area contributed by atoms with Gasteiger partial charge < -0.3 is 9.47 Å². The predicted molar refractivity (Wildman–Crippen MR) is 147 cm³/mol. The standard InChI is InChI=1S/C32H31N3O4/c1-4-31-15-16-32(39-31,17-18-38-25-12-9-23(19-33)10-13-25)30(3,22(31)2)29(37)35(21-36)28-14-11-24(20-34)26-7-5-6-8-27(26)28/h5-14,21-22H,4,15-18H2,1-3H3/t22-,30-,31?,32?/m0/s1. The van der Waals surface area contributed by atoms with Gasteiger partial charge in [-0.2, -0.15) is 10.5 Å². The lowest BCUT2D eigenvalue weighted by Crippen LogP contribution is -2.58. The average Bonchev–Trinajstić information content (AvgIpc) is 3.45. The average molecular weight is 522 g/mol. The molecule has 0 aliphatic carbocycles. The molecule has 0 saturated carbocycles. The molecule has 198 valence electrons. The Hall–Kier alpha value is -4.20. The third-order valence-corrected chi connectivity index (χ3v) is 9.36. The molecule has 2 amide bonds. The highest BCUT2D eigenvalue weighted by atomic mass is 16.5. The molecule has 2 aliphatic rings. The monoisotopic (exact) mass is 521 g/mol. The number of amides is 2. The molecule has 0 N–H and O–H groups in total. The van der Waals surface area contributed by atoms with Gasteiger partial charge in [0.15, 0.2) is 0 Å². The van der Waals surface area contributed by atoms with Gasteiger partial charge in [-0.1, -0.05) is 38.1 Å². The van der Waals surface area contributed by atoms with E-state index in [1.54, 1.807) is 36.4 Å². The molecule has 4 atom stereocenters. The van der Waals surface area contributed by atoms with E-state index in [0.29, 0.717) is 59.2 Å². The van der Waals surface area contributed by atoms with Crippen molar-refractivity contribution in [1.29, 1.82) is 10.5 Å². The van der Waals surface area contributed by atoms with Crippen LogP contribution in [0.5, 0.6) is 5.75 Å². The van der Waals surface area contributed by atoms with Crippen LogP contribution in [0.4, 0.5) is 5.69 Å². The minimum absolute atomic E-state index is 0.141. The molecule has 2 heterocycles. The Morgan fingerprint density at radius 3 is 2.44 bits per heavy atom. The lowest BCUT2D eigenvalue weighted by atomic mass is 9.56. The van der Waals surface area contributed by atoms with Crippen LogP contribution in [0.25, 0.3) is 10.8 Å². The largest absolute Gasteiger partial charge is 0.493 e. The number of imide groups is 1. The van der Waals surface area contributed by atoms with Crippen molar-refractivity contribution < 1.29 is 19.1 Å². The first-order chi connectivity index (χ1) is 18.8. The number of carbonyl (C=O) groups excluding carboxylic acids is 2. The Balaban J connectivity index is 1.51. The molecule has 7 nitrogen and oxygen atoms in total. The van der Waals surface area contributed by atoms with Crippen LogP contribution in [0, 0.1) is 34.0 Å². The van der Waals surface area contributed by atoms with Crippen molar-refractivity contribution in [2.75, 3.05) is 11.5 Å². The normalized spacial score (nSPS) is 27.1. The van der Waals surface area contributed by atoms with Crippen LogP contribution in [0.2, 0.25) is 0 Å². The van der Waals surface area contributed by atoms with Gasteiger partial charge in [0.25, 0.3) is 0 Å². The van der Waals surface area contributed by atoms with E-state index in [-0.39, 0.29) is 11.8 Å². The number of fused-ring (bicyclic) bond motifs is 3. The SMILES string of the molecule is CCC12CCC(CCOc3ccc(C#N)cc3)(O1)[C@](C)(C(=O)N(C=O)c1ccc(C#N)c3ccccc13)[C@@H]2C. The van der Waals surface area contributed by atoms with Gasteiger partial charge in [-0.3, -0.25) is 14.5 Å². The van der Waals surface area contributed by atoms with Crippen molar-refractivity contribution in [1.82, 2.24) is 0 Å². The first-order valence-corrected chi connectivity index (χ1v) is 13.3. The number of benzene rings is 3. The zero-order valence-electron chi connectivity index (χ0n) is 22.4. The molecular weight excluding hydrogens is 490 g/mol. The molecule has 0 aromatic heterocycles. The van der Waals surface area contributed by atoms with Gasteiger partial charge in [0.05, 0.1) is 52.2 Å². The zero-order chi connectivity index (χ0) is 27.8. The van der Waals surface area contributed by atoms with Gasteiger partial charge in [-0.25, -0.2) is 0 Å². The fourth-order valence-electron chi connectivity index (χ4n) is 6.88. The van der Waals surface area contributed by atoms with E-state index in [4.69, 9.17) is 14.7 Å². The molecule has 2 fully saturated rings. The molecule has 2 saturated heterocycles. The fraction of sp³-hybridized carbons (Fsp3) is 0.375. The summed E-state index contributed by atoms with van der Waals surface area (Å²) < 4.78 is 12.9. The highest BCUT2D eigenvalue weighted by molar-refractivity contribution is 6.15. The topological polar surface area (TPSA) is 103 Å². The molecule has 5 rings (SSSR count). The van der Waals surface area contributed by atoms with Crippen molar-refractivity contribution in [3.8, 4) is 17.9 Å². The molecule has 7 heteroatoms. The lowest BCUT2D eigenvalue weighted by molar-refractivity contribution is -0.142. The summed E-state index contributed by atoms with van der Waals surface area (Å²) in [5.74, 6) is 0.189. The van der Waals surface area contributed by atoms with Gasteiger partial charge in [0.1, 0.15) is 5.75 Å². The van der Waals surface area contributed by atoms with Crippen LogP contribution in [-0.2, 0) is 14.3 Å². The Bertz CT molecular complexity index is 1520. The van der Waals surface area contributed by atoms with E-state index in [2.05, 4.69) is 26.0 Å². The van der Waals surface area contributed by atoms with Crippen LogP contribution < -0.4 is 9.64 Å². The van der Waals surface area contributed by atoms with Crippen molar-refractivity contribution in [3.63, 3.8) is 0 Å². The number of anilines is 1. The maximum Gasteiger partial charge on any atom is 0.242 e. The maximum atomic E-state index is 14.5. The summed E-state index contributed by atoms with van der Waals surface area (Å²) in [5, 5.41) is 20.0. The number of carbonyl (C=O) groups is 2. The van der Waals surface area contributed by atoms with Crippen LogP contribution in [0.1, 0.15) is 57.6 Å². The number of nitrogens with zero attached hydrogens (tertiary/aromatic N) is 3. The molecule has 39 heavy (non-hydrogen) atoms. The summed E-state index contributed by atoms with van der Waals surface area (Å²) >= 11 is 0. The maximum absolute atomic E-state index is 14.5. The Kier molecular flexibility index (Phi) is 6.66. The molecule has 2 bridgehead atoms. The Morgan fingerprint density at radius 1 is 1.08 bits per heavy atom. The minimum Gasteiger partial charge on any atom is -0.493 e. The van der Waals surface area contributed by atoms with E-state index in [9.17, 15) is 14.9 Å². The van der Waals surface area contributed by atoms with Gasteiger partial charge in [-0.05, 0) is 62.6 Å². The summed E-state index contributed by atoms with van der Waals surface area (Å²) in [6.45, 7) is 6.40. The lowest BCUT2D eigenvalue weighted by Gasteiger charge is -2.46. The number of hydrogen-bond donors (Lipinski definition) is 0. The molecule has 0 radical (unpaired) electrons. The summed E-state index contributed by atoms with van der Waals surface area (Å²) in [7, 11) is 0. The molecule has 2 unspecified atom stereocenters. The van der Waals surface area contributed by atoms with E-state index < -0.39 is 16.6 Å².